The number of hydrogen-bond donors (Lipinski definition) is 1. The third kappa shape index (κ3) is 6.69. The first-order valence-corrected chi connectivity index (χ1v) is 7.78. The summed E-state index contributed by atoms with van der Waals surface area (Å²) in [4.78, 5) is 24.4. The van der Waals surface area contributed by atoms with E-state index < -0.39 is 23.7 Å². The van der Waals surface area contributed by atoms with Crippen LogP contribution in [0.2, 0.25) is 0 Å². The van der Waals surface area contributed by atoms with Gasteiger partial charge in [0, 0.05) is 0 Å². The van der Waals surface area contributed by atoms with Crippen LogP contribution in [0.25, 0.3) is 0 Å². The van der Waals surface area contributed by atoms with Crippen molar-refractivity contribution in [3.8, 4) is 6.07 Å². The number of ether oxygens (including phenoxy) is 2. The third-order valence-electron chi connectivity index (χ3n) is 2.83. The molecule has 0 spiro atoms. The quantitative estimate of drug-likeness (QED) is 0.836. The molecule has 0 fully saturated rings. The van der Waals surface area contributed by atoms with Gasteiger partial charge < -0.3 is 14.8 Å². The molecule has 0 bridgehead atoms. The van der Waals surface area contributed by atoms with E-state index in [4.69, 9.17) is 14.7 Å². The summed E-state index contributed by atoms with van der Waals surface area (Å²) in [6.45, 7) is 9.30. The van der Waals surface area contributed by atoms with Gasteiger partial charge in [-0.25, -0.2) is 9.59 Å². The van der Waals surface area contributed by atoms with Crippen LogP contribution in [-0.4, -0.2) is 24.3 Å². The van der Waals surface area contributed by atoms with Gasteiger partial charge in [-0.15, -0.1) is 0 Å². The lowest BCUT2D eigenvalue weighted by molar-refractivity contribution is -0.147. The molecular weight excluding hydrogens is 308 g/mol. The van der Waals surface area contributed by atoms with Gasteiger partial charge in [0.25, 0.3) is 0 Å². The number of amides is 1. The molecule has 0 saturated carbocycles. The van der Waals surface area contributed by atoms with Gasteiger partial charge in [0.05, 0.1) is 18.2 Å². The molecule has 0 heterocycles. The van der Waals surface area contributed by atoms with Crippen LogP contribution in [0.3, 0.4) is 0 Å². The fourth-order valence-corrected chi connectivity index (χ4v) is 1.79. The molecule has 24 heavy (non-hydrogen) atoms. The van der Waals surface area contributed by atoms with Gasteiger partial charge in [0.2, 0.25) is 0 Å². The van der Waals surface area contributed by atoms with Crippen molar-refractivity contribution in [3.05, 3.63) is 35.4 Å². The van der Waals surface area contributed by atoms with E-state index >= 15 is 0 Å². The van der Waals surface area contributed by atoms with Crippen molar-refractivity contribution in [2.45, 2.75) is 46.3 Å². The normalized spacial score (nSPS) is 12.2. The number of rotatable bonds is 5. The lowest BCUT2D eigenvalue weighted by Crippen LogP contribution is -2.39. The summed E-state index contributed by atoms with van der Waals surface area (Å²) in [6.07, 6.45) is -0.710. The summed E-state index contributed by atoms with van der Waals surface area (Å²) in [5.74, 6) is -0.392. The van der Waals surface area contributed by atoms with Crippen LogP contribution in [0, 0.1) is 17.2 Å². The Morgan fingerprint density at radius 3 is 2.25 bits per heavy atom. The van der Waals surface area contributed by atoms with Crippen molar-refractivity contribution >= 4 is 12.1 Å². The smallest absolute Gasteiger partial charge is 0.408 e. The van der Waals surface area contributed by atoms with Crippen LogP contribution in [0.4, 0.5) is 4.79 Å². The minimum absolute atomic E-state index is 0.178. The molecule has 0 aliphatic carbocycles. The van der Waals surface area contributed by atoms with Crippen molar-refractivity contribution in [1.29, 1.82) is 5.26 Å². The predicted octanol–water partition coefficient (Wildman–Crippen LogP) is 3.32. The summed E-state index contributed by atoms with van der Waals surface area (Å²) in [6, 6.07) is 7.39. The van der Waals surface area contributed by atoms with Gasteiger partial charge >= 0.3 is 12.1 Å². The number of alkyl carbamates (subject to hydrolysis) is 1. The van der Waals surface area contributed by atoms with Gasteiger partial charge in [0.1, 0.15) is 5.60 Å². The predicted molar refractivity (Wildman–Crippen MR) is 89.1 cm³/mol. The third-order valence-corrected chi connectivity index (χ3v) is 2.83. The Kier molecular flexibility index (Phi) is 6.78. The molecule has 1 aromatic rings. The standard InChI is InChI=1S/C18H24N2O4/c1-12(2)11-23-16(21)15(20-17(22)24-18(3,4)5)14-8-6-13(10-19)7-9-14/h6-9,12,15H,11H2,1-5H3,(H,20,22). The van der Waals surface area contributed by atoms with Crippen molar-refractivity contribution < 1.29 is 19.1 Å². The molecule has 130 valence electrons. The van der Waals surface area contributed by atoms with E-state index in [0.717, 1.165) is 0 Å². The van der Waals surface area contributed by atoms with E-state index in [2.05, 4.69) is 5.32 Å². The first-order chi connectivity index (χ1) is 11.1. The zero-order chi connectivity index (χ0) is 18.3. The number of esters is 1. The van der Waals surface area contributed by atoms with E-state index in [1.807, 2.05) is 19.9 Å². The Balaban J connectivity index is 2.95. The first-order valence-electron chi connectivity index (χ1n) is 7.78. The Labute approximate surface area is 142 Å². The van der Waals surface area contributed by atoms with Crippen LogP contribution in [0.5, 0.6) is 0 Å². The average Bonchev–Trinajstić information content (AvgIpc) is 2.48. The number of benzene rings is 1. The van der Waals surface area contributed by atoms with Crippen molar-refractivity contribution in [2.24, 2.45) is 5.92 Å². The molecule has 0 saturated heterocycles. The van der Waals surface area contributed by atoms with Crippen LogP contribution >= 0.6 is 0 Å². The Morgan fingerprint density at radius 2 is 1.79 bits per heavy atom. The maximum absolute atomic E-state index is 12.3. The van der Waals surface area contributed by atoms with Crippen molar-refractivity contribution in [3.63, 3.8) is 0 Å². The fraction of sp³-hybridized carbons (Fsp3) is 0.500. The van der Waals surface area contributed by atoms with Gasteiger partial charge in [-0.3, -0.25) is 0 Å². The molecule has 0 aliphatic heterocycles. The van der Waals surface area contributed by atoms with Crippen LogP contribution in [0.15, 0.2) is 24.3 Å². The topological polar surface area (TPSA) is 88.4 Å². The van der Waals surface area contributed by atoms with E-state index in [1.165, 1.54) is 0 Å². The lowest BCUT2D eigenvalue weighted by atomic mass is 10.1. The Hall–Kier alpha value is -2.55. The number of carbonyl (C=O) groups excluding carboxylic acids is 2. The van der Waals surface area contributed by atoms with Gasteiger partial charge in [0.15, 0.2) is 6.04 Å². The number of nitrogens with zero attached hydrogens (tertiary/aromatic N) is 1. The molecule has 1 aromatic carbocycles. The number of hydrogen-bond acceptors (Lipinski definition) is 5. The summed E-state index contributed by atoms with van der Waals surface area (Å²) < 4.78 is 10.4. The molecule has 1 N–H and O–H groups in total. The molecule has 1 atom stereocenters. The largest absolute Gasteiger partial charge is 0.464 e. The molecule has 1 rings (SSSR count). The SMILES string of the molecule is CC(C)COC(=O)C(NC(=O)OC(C)(C)C)c1ccc(C#N)cc1. The molecule has 1 amide bonds. The highest BCUT2D eigenvalue weighted by atomic mass is 16.6. The summed E-state index contributed by atoms with van der Waals surface area (Å²) >= 11 is 0. The van der Waals surface area contributed by atoms with Gasteiger partial charge in [-0.1, -0.05) is 26.0 Å². The maximum Gasteiger partial charge on any atom is 0.408 e. The maximum atomic E-state index is 12.3. The minimum atomic E-state index is -0.994. The van der Waals surface area contributed by atoms with Crippen LogP contribution in [0.1, 0.15) is 51.8 Å². The highest BCUT2D eigenvalue weighted by Crippen LogP contribution is 2.18. The molecule has 0 radical (unpaired) electrons. The van der Waals surface area contributed by atoms with E-state index in [0.29, 0.717) is 11.1 Å². The van der Waals surface area contributed by atoms with Crippen LogP contribution in [-0.2, 0) is 14.3 Å². The second kappa shape index (κ2) is 8.34. The molecule has 1 unspecified atom stereocenters. The highest BCUT2D eigenvalue weighted by Gasteiger charge is 2.27. The molecule has 0 aromatic heterocycles. The first kappa shape index (κ1) is 19.5. The number of nitriles is 1. The zero-order valence-electron chi connectivity index (χ0n) is 14.8. The van der Waals surface area contributed by atoms with Crippen LogP contribution < -0.4 is 5.32 Å². The van der Waals surface area contributed by atoms with Gasteiger partial charge in [-0.05, 0) is 44.4 Å². The van der Waals surface area contributed by atoms with Crippen molar-refractivity contribution in [2.75, 3.05) is 6.61 Å². The lowest BCUT2D eigenvalue weighted by Gasteiger charge is -2.23. The van der Waals surface area contributed by atoms with Gasteiger partial charge in [-0.2, -0.15) is 5.26 Å². The monoisotopic (exact) mass is 332 g/mol. The molecular formula is C18H24N2O4. The van der Waals surface area contributed by atoms with E-state index in [9.17, 15) is 9.59 Å². The Bertz CT molecular complexity index is 609. The Morgan fingerprint density at radius 1 is 1.21 bits per heavy atom. The van der Waals surface area contributed by atoms with E-state index in [1.54, 1.807) is 45.0 Å². The summed E-state index contributed by atoms with van der Waals surface area (Å²) in [5.41, 5.74) is 0.306. The highest BCUT2D eigenvalue weighted by molar-refractivity contribution is 5.83. The second-order valence-electron chi connectivity index (χ2n) is 6.84. The second-order valence-corrected chi connectivity index (χ2v) is 6.84. The van der Waals surface area contributed by atoms with Crippen molar-refractivity contribution in [1.82, 2.24) is 5.32 Å². The number of nitrogens with one attached hydrogen (secondary N) is 1. The average molecular weight is 332 g/mol. The number of carbonyl (C=O) groups is 2. The molecule has 0 aliphatic rings. The zero-order valence-corrected chi connectivity index (χ0v) is 14.8. The van der Waals surface area contributed by atoms with E-state index in [-0.39, 0.29) is 12.5 Å². The summed E-state index contributed by atoms with van der Waals surface area (Å²) in [7, 11) is 0. The summed E-state index contributed by atoms with van der Waals surface area (Å²) in [5, 5.41) is 11.4. The fourth-order valence-electron chi connectivity index (χ4n) is 1.79. The molecule has 6 heteroatoms. The minimum Gasteiger partial charge on any atom is -0.464 e. The molecule has 6 nitrogen and oxygen atoms in total.